The van der Waals surface area contributed by atoms with Crippen LogP contribution in [0.5, 0.6) is 0 Å². The Morgan fingerprint density at radius 3 is 2.58 bits per heavy atom. The summed E-state index contributed by atoms with van der Waals surface area (Å²) in [5, 5.41) is 8.41. The zero-order chi connectivity index (χ0) is 13.8. The van der Waals surface area contributed by atoms with Crippen LogP contribution >= 0.6 is 11.8 Å². The summed E-state index contributed by atoms with van der Waals surface area (Å²) >= 11 is 0.912. The number of nitrogens with zero attached hydrogens (tertiary/aromatic N) is 2. The van der Waals surface area contributed by atoms with E-state index in [1.54, 1.807) is 30.3 Å². The molecule has 94 valence electrons. The monoisotopic (exact) mass is 270 g/mol. The van der Waals surface area contributed by atoms with E-state index in [9.17, 15) is 9.59 Å². The van der Waals surface area contributed by atoms with Gasteiger partial charge in [0.05, 0.1) is 16.5 Å². The van der Waals surface area contributed by atoms with E-state index in [-0.39, 0.29) is 17.7 Å². The highest BCUT2D eigenvalue weighted by molar-refractivity contribution is 8.18. The summed E-state index contributed by atoms with van der Waals surface area (Å²) in [5.41, 5.74) is 1.33. The molecule has 1 aromatic carbocycles. The van der Waals surface area contributed by atoms with E-state index >= 15 is 0 Å². The summed E-state index contributed by atoms with van der Waals surface area (Å²) in [4.78, 5) is 25.1. The third kappa shape index (κ3) is 2.75. The van der Waals surface area contributed by atoms with Crippen LogP contribution in [0.1, 0.15) is 11.1 Å². The van der Waals surface area contributed by atoms with Gasteiger partial charge in [-0.25, -0.2) is 0 Å². The van der Waals surface area contributed by atoms with Gasteiger partial charge in [0.2, 0.25) is 0 Å². The van der Waals surface area contributed by atoms with Crippen LogP contribution in [0.15, 0.2) is 41.8 Å². The first-order valence-corrected chi connectivity index (χ1v) is 6.34. The fourth-order valence-corrected chi connectivity index (χ4v) is 2.44. The van der Waals surface area contributed by atoms with Gasteiger partial charge in [0.1, 0.15) is 0 Å². The number of carbonyl (C=O) groups is 2. The maximum Gasteiger partial charge on any atom is 0.293 e. The number of hydrogen-bond donors (Lipinski definition) is 0. The van der Waals surface area contributed by atoms with Crippen molar-refractivity contribution in [3.8, 4) is 6.07 Å². The Labute approximate surface area is 115 Å². The molecule has 1 fully saturated rings. The number of benzene rings is 1. The van der Waals surface area contributed by atoms with Gasteiger partial charge >= 0.3 is 0 Å². The van der Waals surface area contributed by atoms with E-state index in [2.05, 4.69) is 6.58 Å². The second-order valence-electron chi connectivity index (χ2n) is 3.81. The Balaban J connectivity index is 2.24. The van der Waals surface area contributed by atoms with Crippen LogP contribution in [0, 0.1) is 11.3 Å². The van der Waals surface area contributed by atoms with Crippen molar-refractivity contribution >= 4 is 29.0 Å². The molecule has 1 saturated heterocycles. The average molecular weight is 270 g/mol. The van der Waals surface area contributed by atoms with E-state index in [1.165, 1.54) is 6.08 Å². The molecular formula is C14H10N2O2S. The highest BCUT2D eigenvalue weighted by Gasteiger charge is 2.33. The molecular weight excluding hydrogens is 260 g/mol. The number of imide groups is 1. The number of rotatable bonds is 3. The largest absolute Gasteiger partial charge is 0.293 e. The Hall–Kier alpha value is -2.32. The molecule has 0 aliphatic carbocycles. The molecule has 2 rings (SSSR count). The second kappa shape index (κ2) is 5.55. The van der Waals surface area contributed by atoms with E-state index in [0.717, 1.165) is 22.2 Å². The predicted octanol–water partition coefficient (Wildman–Crippen LogP) is 2.78. The first-order chi connectivity index (χ1) is 9.15. The standard InChI is InChI=1S/C14H10N2O2S/c1-2-7-16-13(17)12(19-14(16)18)8-10-3-5-11(9-15)6-4-10/h2-6,8H,1,7H2/b12-8-. The first kappa shape index (κ1) is 13.1. The average Bonchev–Trinajstić information content (AvgIpc) is 2.68. The molecule has 1 aliphatic rings. The van der Waals surface area contributed by atoms with Crippen LogP contribution in [0.2, 0.25) is 0 Å². The van der Waals surface area contributed by atoms with E-state index < -0.39 is 0 Å². The van der Waals surface area contributed by atoms with Gasteiger partial charge in [0, 0.05) is 6.54 Å². The zero-order valence-corrected chi connectivity index (χ0v) is 10.8. The highest BCUT2D eigenvalue weighted by atomic mass is 32.2. The summed E-state index contributed by atoms with van der Waals surface area (Å²) in [7, 11) is 0. The van der Waals surface area contributed by atoms with Crippen molar-refractivity contribution in [2.75, 3.05) is 6.54 Å². The SMILES string of the molecule is C=CCN1C(=O)S/C(=C\c2ccc(C#N)cc2)C1=O. The topological polar surface area (TPSA) is 61.2 Å². The Bertz CT molecular complexity index is 611. The number of hydrogen-bond acceptors (Lipinski definition) is 4. The molecule has 1 aliphatic heterocycles. The van der Waals surface area contributed by atoms with Crippen LogP contribution in [0.25, 0.3) is 6.08 Å². The van der Waals surface area contributed by atoms with Gasteiger partial charge in [-0.3, -0.25) is 14.5 Å². The lowest BCUT2D eigenvalue weighted by atomic mass is 10.1. The van der Waals surface area contributed by atoms with Crippen LogP contribution in [-0.4, -0.2) is 22.6 Å². The molecule has 4 nitrogen and oxygen atoms in total. The lowest BCUT2D eigenvalue weighted by Gasteiger charge is -2.07. The molecule has 1 heterocycles. The number of carbonyl (C=O) groups excluding carboxylic acids is 2. The van der Waals surface area contributed by atoms with Gasteiger partial charge < -0.3 is 0 Å². The van der Waals surface area contributed by atoms with Crippen molar-refractivity contribution < 1.29 is 9.59 Å². The van der Waals surface area contributed by atoms with Crippen molar-refractivity contribution in [3.05, 3.63) is 53.0 Å². The van der Waals surface area contributed by atoms with Gasteiger partial charge in [-0.2, -0.15) is 5.26 Å². The molecule has 1 aromatic rings. The molecule has 19 heavy (non-hydrogen) atoms. The minimum absolute atomic E-state index is 0.218. The van der Waals surface area contributed by atoms with Crippen molar-refractivity contribution in [2.45, 2.75) is 0 Å². The minimum atomic E-state index is -0.306. The molecule has 2 amide bonds. The van der Waals surface area contributed by atoms with Gasteiger partial charge in [-0.05, 0) is 35.5 Å². The normalized spacial score (nSPS) is 16.8. The molecule has 0 saturated carbocycles. The maximum absolute atomic E-state index is 11.9. The Kier molecular flexibility index (Phi) is 3.83. The Morgan fingerprint density at radius 1 is 1.32 bits per heavy atom. The summed E-state index contributed by atoms with van der Waals surface area (Å²) < 4.78 is 0. The molecule has 5 heteroatoms. The van der Waals surface area contributed by atoms with Gasteiger partial charge in [0.25, 0.3) is 11.1 Å². The molecule has 0 bridgehead atoms. The molecule has 0 radical (unpaired) electrons. The summed E-state index contributed by atoms with van der Waals surface area (Å²) in [6.45, 7) is 3.73. The molecule has 0 aromatic heterocycles. The van der Waals surface area contributed by atoms with Gasteiger partial charge in [-0.1, -0.05) is 18.2 Å². The smallest absolute Gasteiger partial charge is 0.268 e. The van der Waals surface area contributed by atoms with Crippen molar-refractivity contribution in [1.29, 1.82) is 5.26 Å². The zero-order valence-electron chi connectivity index (χ0n) is 10.00. The summed E-state index contributed by atoms with van der Waals surface area (Å²) in [6, 6.07) is 8.83. The number of thioether (sulfide) groups is 1. The minimum Gasteiger partial charge on any atom is -0.268 e. The maximum atomic E-state index is 11.9. The van der Waals surface area contributed by atoms with Crippen LogP contribution in [0.3, 0.4) is 0 Å². The fourth-order valence-electron chi connectivity index (χ4n) is 1.59. The molecule has 0 N–H and O–H groups in total. The predicted molar refractivity (Wildman–Crippen MR) is 74.0 cm³/mol. The summed E-state index contributed by atoms with van der Waals surface area (Å²) in [5.74, 6) is -0.306. The molecule has 0 spiro atoms. The van der Waals surface area contributed by atoms with Crippen molar-refractivity contribution in [2.24, 2.45) is 0 Å². The molecule has 0 atom stereocenters. The van der Waals surface area contributed by atoms with Gasteiger partial charge in [0.15, 0.2) is 0 Å². The lowest BCUT2D eigenvalue weighted by molar-refractivity contribution is -0.122. The van der Waals surface area contributed by atoms with E-state index in [1.807, 2.05) is 6.07 Å². The van der Waals surface area contributed by atoms with Crippen molar-refractivity contribution in [3.63, 3.8) is 0 Å². The fraction of sp³-hybridized carbons (Fsp3) is 0.0714. The second-order valence-corrected chi connectivity index (χ2v) is 4.81. The summed E-state index contributed by atoms with van der Waals surface area (Å²) in [6.07, 6.45) is 3.16. The first-order valence-electron chi connectivity index (χ1n) is 5.52. The molecule has 0 unspecified atom stereocenters. The van der Waals surface area contributed by atoms with E-state index in [4.69, 9.17) is 5.26 Å². The van der Waals surface area contributed by atoms with Crippen LogP contribution < -0.4 is 0 Å². The quantitative estimate of drug-likeness (QED) is 0.626. The third-order valence-corrected chi connectivity index (χ3v) is 3.43. The van der Waals surface area contributed by atoms with E-state index in [0.29, 0.717) is 10.5 Å². The third-order valence-electron chi connectivity index (χ3n) is 2.52. The highest BCUT2D eigenvalue weighted by Crippen LogP contribution is 2.31. The number of nitriles is 1. The van der Waals surface area contributed by atoms with Crippen LogP contribution in [0.4, 0.5) is 4.79 Å². The van der Waals surface area contributed by atoms with Crippen LogP contribution in [-0.2, 0) is 4.79 Å². The van der Waals surface area contributed by atoms with Gasteiger partial charge in [-0.15, -0.1) is 6.58 Å². The lowest BCUT2D eigenvalue weighted by Crippen LogP contribution is -2.27. The number of amides is 2. The van der Waals surface area contributed by atoms with Crippen molar-refractivity contribution in [1.82, 2.24) is 4.90 Å². The Morgan fingerprint density at radius 2 is 2.00 bits per heavy atom.